The van der Waals surface area contributed by atoms with Gasteiger partial charge in [0.2, 0.25) is 11.1 Å². The van der Waals surface area contributed by atoms with Crippen molar-refractivity contribution < 1.29 is 14.3 Å². The third kappa shape index (κ3) is 4.32. The summed E-state index contributed by atoms with van der Waals surface area (Å²) in [6.45, 7) is 0. The van der Waals surface area contributed by atoms with Crippen molar-refractivity contribution in [3.8, 4) is 22.9 Å². The Labute approximate surface area is 160 Å². The van der Waals surface area contributed by atoms with Crippen LogP contribution in [-0.4, -0.2) is 40.8 Å². The fraction of sp³-hybridized carbons (Fsp3) is 0.167. The van der Waals surface area contributed by atoms with Crippen molar-refractivity contribution >= 4 is 23.4 Å². The number of nitrogens with one attached hydrogen (secondary N) is 1. The lowest BCUT2D eigenvalue weighted by Gasteiger charge is -2.11. The van der Waals surface area contributed by atoms with Crippen LogP contribution < -0.4 is 20.6 Å². The van der Waals surface area contributed by atoms with Crippen molar-refractivity contribution in [2.24, 2.45) is 0 Å². The Morgan fingerprint density at radius 3 is 2.63 bits per heavy atom. The molecule has 3 aromatic rings. The number of ether oxygens (including phenoxy) is 2. The second-order valence-corrected chi connectivity index (χ2v) is 6.39. The zero-order valence-corrected chi connectivity index (χ0v) is 15.7. The summed E-state index contributed by atoms with van der Waals surface area (Å²) in [7, 11) is 3.09. The van der Waals surface area contributed by atoms with Crippen LogP contribution in [0.15, 0.2) is 53.7 Å². The zero-order valence-electron chi connectivity index (χ0n) is 14.9. The molecule has 0 saturated carbocycles. The van der Waals surface area contributed by atoms with E-state index in [4.69, 9.17) is 15.3 Å². The van der Waals surface area contributed by atoms with Crippen LogP contribution in [-0.2, 0) is 4.79 Å². The van der Waals surface area contributed by atoms with Crippen LogP contribution in [0.25, 0.3) is 11.4 Å². The van der Waals surface area contributed by atoms with Gasteiger partial charge in [0.05, 0.1) is 25.7 Å². The summed E-state index contributed by atoms with van der Waals surface area (Å²) in [5.74, 6) is 7.66. The van der Waals surface area contributed by atoms with Gasteiger partial charge in [-0.3, -0.25) is 4.79 Å². The molecular formula is C18H19N5O3S. The van der Waals surface area contributed by atoms with E-state index in [2.05, 4.69) is 15.5 Å². The normalized spacial score (nSPS) is 10.4. The Balaban J connectivity index is 1.64. The highest BCUT2D eigenvalue weighted by Gasteiger charge is 2.14. The smallest absolute Gasteiger partial charge is 0.234 e. The Morgan fingerprint density at radius 2 is 1.93 bits per heavy atom. The highest BCUT2D eigenvalue weighted by atomic mass is 32.2. The maximum atomic E-state index is 12.3. The molecule has 0 atom stereocenters. The van der Waals surface area contributed by atoms with Crippen LogP contribution >= 0.6 is 11.8 Å². The van der Waals surface area contributed by atoms with Gasteiger partial charge in [0.25, 0.3) is 0 Å². The van der Waals surface area contributed by atoms with Crippen molar-refractivity contribution in [3.05, 3.63) is 48.5 Å². The summed E-state index contributed by atoms with van der Waals surface area (Å²) in [6, 6.07) is 14.7. The van der Waals surface area contributed by atoms with Gasteiger partial charge in [-0.25, -0.2) is 4.68 Å². The molecule has 1 aromatic heterocycles. The number of carbonyl (C=O) groups excluding carboxylic acids is 1. The van der Waals surface area contributed by atoms with Gasteiger partial charge in [0.1, 0.15) is 11.5 Å². The standard InChI is InChI=1S/C18H19N5O3S/c1-25-13-8-9-14(15(10-13)26-2)20-16(24)11-27-18-22-21-17(23(18)19)12-6-4-3-5-7-12/h3-10H,11,19H2,1-2H3,(H,20,24). The van der Waals surface area contributed by atoms with Crippen molar-refractivity contribution in [1.82, 2.24) is 14.9 Å². The van der Waals surface area contributed by atoms with E-state index >= 15 is 0 Å². The molecule has 140 valence electrons. The number of hydrogen-bond donors (Lipinski definition) is 2. The van der Waals surface area contributed by atoms with Crippen molar-refractivity contribution in [3.63, 3.8) is 0 Å². The molecule has 27 heavy (non-hydrogen) atoms. The SMILES string of the molecule is COc1ccc(NC(=O)CSc2nnc(-c3ccccc3)n2N)c(OC)c1. The minimum atomic E-state index is -0.215. The van der Waals surface area contributed by atoms with Crippen LogP contribution in [0.3, 0.4) is 0 Å². The first kappa shape index (κ1) is 18.6. The summed E-state index contributed by atoms with van der Waals surface area (Å²) in [4.78, 5) is 12.3. The molecule has 9 heteroatoms. The lowest BCUT2D eigenvalue weighted by atomic mass is 10.2. The van der Waals surface area contributed by atoms with Crippen LogP contribution in [0.5, 0.6) is 11.5 Å². The third-order valence-corrected chi connectivity index (χ3v) is 4.65. The van der Waals surface area contributed by atoms with E-state index in [-0.39, 0.29) is 11.7 Å². The van der Waals surface area contributed by atoms with Gasteiger partial charge < -0.3 is 20.6 Å². The number of nitrogen functional groups attached to an aromatic ring is 1. The van der Waals surface area contributed by atoms with Gasteiger partial charge in [-0.1, -0.05) is 42.1 Å². The number of amides is 1. The van der Waals surface area contributed by atoms with Gasteiger partial charge in [0, 0.05) is 11.6 Å². The van der Waals surface area contributed by atoms with Crippen molar-refractivity contribution in [2.75, 3.05) is 31.1 Å². The Hall–Kier alpha value is -3.20. The average Bonchev–Trinajstić information content (AvgIpc) is 3.07. The van der Waals surface area contributed by atoms with Crippen molar-refractivity contribution in [2.45, 2.75) is 5.16 Å². The molecule has 0 aliphatic heterocycles. The predicted molar refractivity (Wildman–Crippen MR) is 105 cm³/mol. The number of aromatic nitrogens is 3. The Kier molecular flexibility index (Phi) is 5.82. The van der Waals surface area contributed by atoms with E-state index in [1.165, 1.54) is 23.5 Å². The summed E-state index contributed by atoms with van der Waals surface area (Å²) in [6.07, 6.45) is 0. The summed E-state index contributed by atoms with van der Waals surface area (Å²) in [5, 5.41) is 11.4. The number of benzene rings is 2. The second-order valence-electron chi connectivity index (χ2n) is 5.45. The van der Waals surface area contributed by atoms with E-state index in [9.17, 15) is 4.79 Å². The molecule has 1 heterocycles. The number of rotatable bonds is 7. The third-order valence-electron chi connectivity index (χ3n) is 3.71. The number of anilines is 1. The fourth-order valence-corrected chi connectivity index (χ4v) is 3.03. The summed E-state index contributed by atoms with van der Waals surface area (Å²) >= 11 is 1.20. The highest BCUT2D eigenvalue weighted by molar-refractivity contribution is 7.99. The maximum absolute atomic E-state index is 12.3. The van der Waals surface area contributed by atoms with Crippen LogP contribution in [0.1, 0.15) is 0 Å². The van der Waals surface area contributed by atoms with Gasteiger partial charge in [0.15, 0.2) is 5.82 Å². The first-order chi connectivity index (χ1) is 13.1. The van der Waals surface area contributed by atoms with Crippen LogP contribution in [0.4, 0.5) is 5.69 Å². The maximum Gasteiger partial charge on any atom is 0.234 e. The Bertz CT molecular complexity index is 930. The summed E-state index contributed by atoms with van der Waals surface area (Å²) in [5.41, 5.74) is 1.41. The molecule has 3 rings (SSSR count). The van der Waals surface area contributed by atoms with Gasteiger partial charge in [-0.05, 0) is 12.1 Å². The van der Waals surface area contributed by atoms with Crippen molar-refractivity contribution in [1.29, 1.82) is 0 Å². The minimum absolute atomic E-state index is 0.124. The zero-order chi connectivity index (χ0) is 19.2. The topological polar surface area (TPSA) is 104 Å². The molecule has 3 N–H and O–H groups in total. The fourth-order valence-electron chi connectivity index (χ4n) is 2.38. The second kappa shape index (κ2) is 8.45. The number of thioether (sulfide) groups is 1. The van der Waals surface area contributed by atoms with Gasteiger partial charge >= 0.3 is 0 Å². The first-order valence-electron chi connectivity index (χ1n) is 8.03. The molecule has 0 saturated heterocycles. The van der Waals surface area contributed by atoms with Gasteiger partial charge in [-0.15, -0.1) is 10.2 Å². The number of carbonyl (C=O) groups is 1. The van der Waals surface area contributed by atoms with E-state index in [0.717, 1.165) is 5.56 Å². The van der Waals surface area contributed by atoms with Gasteiger partial charge in [-0.2, -0.15) is 0 Å². The molecular weight excluding hydrogens is 366 g/mol. The molecule has 8 nitrogen and oxygen atoms in total. The number of nitrogens with two attached hydrogens (primary N) is 1. The van der Waals surface area contributed by atoms with E-state index < -0.39 is 0 Å². The molecule has 0 radical (unpaired) electrons. The molecule has 2 aromatic carbocycles. The minimum Gasteiger partial charge on any atom is -0.497 e. The van der Waals surface area contributed by atoms with E-state index in [1.54, 1.807) is 25.3 Å². The molecule has 0 fully saturated rings. The molecule has 0 unspecified atom stereocenters. The predicted octanol–water partition coefficient (Wildman–Crippen LogP) is 2.41. The van der Waals surface area contributed by atoms with Crippen LogP contribution in [0.2, 0.25) is 0 Å². The monoisotopic (exact) mass is 385 g/mol. The van der Waals surface area contributed by atoms with E-state index in [1.807, 2.05) is 30.3 Å². The van der Waals surface area contributed by atoms with E-state index in [0.29, 0.717) is 28.2 Å². The average molecular weight is 385 g/mol. The largest absolute Gasteiger partial charge is 0.497 e. The Morgan fingerprint density at radius 1 is 1.15 bits per heavy atom. The molecule has 0 aliphatic carbocycles. The summed E-state index contributed by atoms with van der Waals surface area (Å²) < 4.78 is 11.8. The molecule has 0 spiro atoms. The quantitative estimate of drug-likeness (QED) is 0.475. The first-order valence-corrected chi connectivity index (χ1v) is 9.01. The molecule has 0 aliphatic rings. The highest BCUT2D eigenvalue weighted by Crippen LogP contribution is 2.29. The van der Waals surface area contributed by atoms with Crippen LogP contribution in [0, 0.1) is 0 Å². The lowest BCUT2D eigenvalue weighted by molar-refractivity contribution is -0.113. The molecule has 0 bridgehead atoms. The number of nitrogens with zero attached hydrogens (tertiary/aromatic N) is 3. The number of methoxy groups -OCH3 is 2. The number of hydrogen-bond acceptors (Lipinski definition) is 7. The molecule has 1 amide bonds. The lowest BCUT2D eigenvalue weighted by Crippen LogP contribution is -2.16.